The van der Waals surface area contributed by atoms with Gasteiger partial charge in [-0.3, -0.25) is 4.79 Å². The smallest absolute Gasteiger partial charge is 0.158 e. The van der Waals surface area contributed by atoms with Gasteiger partial charge in [-0.15, -0.1) is 0 Å². The Kier molecular flexibility index (Phi) is 3.36. The van der Waals surface area contributed by atoms with Gasteiger partial charge < -0.3 is 5.11 Å². The van der Waals surface area contributed by atoms with Crippen LogP contribution in [0.4, 0.5) is 0 Å². The highest BCUT2D eigenvalue weighted by molar-refractivity contribution is 5.93. The van der Waals surface area contributed by atoms with Gasteiger partial charge in [-0.05, 0) is 37.0 Å². The molecule has 1 saturated carbocycles. The second kappa shape index (κ2) is 4.70. The maximum atomic E-state index is 12.6. The Morgan fingerprint density at radius 3 is 2.47 bits per heavy atom. The molecule has 3 heteroatoms. The average Bonchev–Trinajstić information content (AvgIpc) is 2.38. The number of phenols is 1. The summed E-state index contributed by atoms with van der Waals surface area (Å²) in [4.78, 5) is 12.6. The summed E-state index contributed by atoms with van der Waals surface area (Å²) in [6.07, 6.45) is 2.83. The van der Waals surface area contributed by atoms with Gasteiger partial charge in [-0.2, -0.15) is 5.26 Å². The Morgan fingerprint density at radius 2 is 1.89 bits per heavy atom. The summed E-state index contributed by atoms with van der Waals surface area (Å²) in [5.41, 5.74) is -0.394. The normalized spacial score (nSPS) is 25.8. The van der Waals surface area contributed by atoms with Crippen LogP contribution >= 0.6 is 0 Å². The molecular weight excluding hydrogens is 238 g/mol. The summed E-state index contributed by atoms with van der Waals surface area (Å²) in [5, 5.41) is 18.8. The summed E-state index contributed by atoms with van der Waals surface area (Å²) < 4.78 is 0. The number of ketones is 1. The number of nitrogens with zero attached hydrogens (tertiary/aromatic N) is 1. The number of aromatic hydroxyl groups is 1. The Labute approximate surface area is 113 Å². The van der Waals surface area contributed by atoms with Crippen molar-refractivity contribution in [3.05, 3.63) is 29.8 Å². The number of Topliss-reactive ketones (excluding diaryl/α,β-unsaturated/α-hetero) is 1. The van der Waals surface area contributed by atoms with Gasteiger partial charge in [0.2, 0.25) is 0 Å². The maximum absolute atomic E-state index is 12.6. The van der Waals surface area contributed by atoms with Crippen LogP contribution in [0.1, 0.15) is 38.7 Å². The predicted molar refractivity (Wildman–Crippen MR) is 72.5 cm³/mol. The zero-order chi connectivity index (χ0) is 14.1. The van der Waals surface area contributed by atoms with Crippen LogP contribution in [-0.2, 0) is 11.2 Å². The Bertz CT molecular complexity index is 525. The minimum Gasteiger partial charge on any atom is -0.508 e. The summed E-state index contributed by atoms with van der Waals surface area (Å²) >= 11 is 0. The topological polar surface area (TPSA) is 61.1 Å². The number of benzene rings is 1. The SMILES string of the molecule is CC1(C)CCCC(C#N)(Cc2ccc(O)cc2)C1=O. The van der Waals surface area contributed by atoms with E-state index < -0.39 is 10.8 Å². The molecule has 1 aromatic rings. The largest absolute Gasteiger partial charge is 0.508 e. The van der Waals surface area contributed by atoms with Crippen molar-refractivity contribution >= 4 is 5.78 Å². The van der Waals surface area contributed by atoms with Crippen molar-refractivity contribution < 1.29 is 9.90 Å². The van der Waals surface area contributed by atoms with Crippen LogP contribution in [0.3, 0.4) is 0 Å². The van der Waals surface area contributed by atoms with E-state index in [0.717, 1.165) is 18.4 Å². The standard InChI is InChI=1S/C16H19NO2/c1-15(2)8-3-9-16(11-17,14(15)19)10-12-4-6-13(18)7-5-12/h4-7,18H,3,8-10H2,1-2H3. The highest BCUT2D eigenvalue weighted by Gasteiger charge is 2.48. The van der Waals surface area contributed by atoms with E-state index in [4.69, 9.17) is 0 Å². The van der Waals surface area contributed by atoms with E-state index in [1.54, 1.807) is 24.3 Å². The molecule has 19 heavy (non-hydrogen) atoms. The quantitative estimate of drug-likeness (QED) is 0.884. The van der Waals surface area contributed by atoms with Gasteiger partial charge in [-0.25, -0.2) is 0 Å². The number of hydrogen-bond acceptors (Lipinski definition) is 3. The first-order valence-electron chi connectivity index (χ1n) is 6.64. The molecule has 0 spiro atoms. The fourth-order valence-corrected chi connectivity index (χ4v) is 2.98. The van der Waals surface area contributed by atoms with E-state index in [0.29, 0.717) is 12.8 Å². The van der Waals surface area contributed by atoms with Crippen molar-refractivity contribution in [3.63, 3.8) is 0 Å². The third kappa shape index (κ3) is 2.49. The lowest BCUT2D eigenvalue weighted by molar-refractivity contribution is -0.138. The molecule has 0 bridgehead atoms. The van der Waals surface area contributed by atoms with Gasteiger partial charge in [0.1, 0.15) is 11.2 Å². The van der Waals surface area contributed by atoms with E-state index >= 15 is 0 Å². The highest BCUT2D eigenvalue weighted by atomic mass is 16.3. The molecule has 0 radical (unpaired) electrons. The molecule has 100 valence electrons. The van der Waals surface area contributed by atoms with Crippen molar-refractivity contribution in [2.24, 2.45) is 10.8 Å². The van der Waals surface area contributed by atoms with E-state index in [9.17, 15) is 15.2 Å². The summed E-state index contributed by atoms with van der Waals surface area (Å²) in [6, 6.07) is 9.03. The van der Waals surface area contributed by atoms with Crippen molar-refractivity contribution in [1.82, 2.24) is 0 Å². The van der Waals surface area contributed by atoms with Gasteiger partial charge in [-0.1, -0.05) is 32.4 Å². The second-order valence-electron chi connectivity index (χ2n) is 6.10. The molecule has 1 aromatic carbocycles. The molecule has 1 aliphatic rings. The molecule has 3 nitrogen and oxygen atoms in total. The Hall–Kier alpha value is -1.82. The number of hydrogen-bond donors (Lipinski definition) is 1. The van der Waals surface area contributed by atoms with E-state index in [1.165, 1.54) is 0 Å². The first-order chi connectivity index (χ1) is 8.89. The third-order valence-corrected chi connectivity index (χ3v) is 4.11. The molecule has 1 aliphatic carbocycles. The molecule has 0 aliphatic heterocycles. The van der Waals surface area contributed by atoms with Crippen molar-refractivity contribution in [1.29, 1.82) is 5.26 Å². The van der Waals surface area contributed by atoms with Crippen LogP contribution in [0.25, 0.3) is 0 Å². The maximum Gasteiger partial charge on any atom is 0.158 e. The van der Waals surface area contributed by atoms with Gasteiger partial charge >= 0.3 is 0 Å². The predicted octanol–water partition coefficient (Wildman–Crippen LogP) is 3.22. The van der Waals surface area contributed by atoms with Crippen LogP contribution in [-0.4, -0.2) is 10.9 Å². The fraction of sp³-hybridized carbons (Fsp3) is 0.500. The van der Waals surface area contributed by atoms with E-state index in [2.05, 4.69) is 6.07 Å². The lowest BCUT2D eigenvalue weighted by atomic mass is 9.61. The monoisotopic (exact) mass is 257 g/mol. The van der Waals surface area contributed by atoms with Crippen molar-refractivity contribution in [3.8, 4) is 11.8 Å². The van der Waals surface area contributed by atoms with E-state index in [-0.39, 0.29) is 11.5 Å². The fourth-order valence-electron chi connectivity index (χ4n) is 2.98. The molecule has 0 heterocycles. The van der Waals surface area contributed by atoms with Crippen LogP contribution < -0.4 is 0 Å². The minimum absolute atomic E-state index is 0.0572. The summed E-state index contributed by atoms with van der Waals surface area (Å²) in [7, 11) is 0. The summed E-state index contributed by atoms with van der Waals surface area (Å²) in [6.45, 7) is 3.86. The second-order valence-corrected chi connectivity index (χ2v) is 6.10. The third-order valence-electron chi connectivity index (χ3n) is 4.11. The van der Waals surface area contributed by atoms with Crippen molar-refractivity contribution in [2.45, 2.75) is 39.5 Å². The average molecular weight is 257 g/mol. The van der Waals surface area contributed by atoms with Crippen LogP contribution in [0.5, 0.6) is 5.75 Å². The lowest BCUT2D eigenvalue weighted by Crippen LogP contribution is -2.45. The number of phenolic OH excluding ortho intramolecular Hbond substituents is 1. The van der Waals surface area contributed by atoms with Gasteiger partial charge in [0.15, 0.2) is 5.78 Å². The number of carbonyl (C=O) groups is 1. The highest BCUT2D eigenvalue weighted by Crippen LogP contribution is 2.44. The molecule has 1 fully saturated rings. The van der Waals surface area contributed by atoms with Gasteiger partial charge in [0, 0.05) is 5.41 Å². The number of rotatable bonds is 2. The Morgan fingerprint density at radius 1 is 1.26 bits per heavy atom. The molecule has 1 unspecified atom stereocenters. The molecular formula is C16H19NO2. The molecule has 0 aromatic heterocycles. The summed E-state index contributed by atoms with van der Waals surface area (Å²) in [5.74, 6) is 0.256. The molecule has 0 amide bonds. The van der Waals surface area contributed by atoms with Gasteiger partial charge in [0.05, 0.1) is 6.07 Å². The van der Waals surface area contributed by atoms with Crippen LogP contribution in [0.2, 0.25) is 0 Å². The Balaban J connectivity index is 2.31. The zero-order valence-corrected chi connectivity index (χ0v) is 11.4. The zero-order valence-electron chi connectivity index (χ0n) is 11.4. The lowest BCUT2D eigenvalue weighted by Gasteiger charge is -2.39. The molecule has 2 rings (SSSR count). The van der Waals surface area contributed by atoms with Crippen LogP contribution in [0.15, 0.2) is 24.3 Å². The molecule has 0 saturated heterocycles. The van der Waals surface area contributed by atoms with Gasteiger partial charge in [0.25, 0.3) is 0 Å². The number of carbonyl (C=O) groups excluding carboxylic acids is 1. The minimum atomic E-state index is -0.904. The van der Waals surface area contributed by atoms with Crippen molar-refractivity contribution in [2.75, 3.05) is 0 Å². The number of nitriles is 1. The van der Waals surface area contributed by atoms with Crippen LogP contribution in [0, 0.1) is 22.2 Å². The first-order valence-corrected chi connectivity index (χ1v) is 6.64. The molecule has 1 atom stereocenters. The molecule has 1 N–H and O–H groups in total. The first kappa shape index (κ1) is 13.6. The van der Waals surface area contributed by atoms with E-state index in [1.807, 2.05) is 13.8 Å².